The lowest BCUT2D eigenvalue weighted by atomic mass is 10.1. The lowest BCUT2D eigenvalue weighted by Crippen LogP contribution is -2.34. The van der Waals surface area contributed by atoms with Gasteiger partial charge in [0.05, 0.1) is 5.02 Å². The monoisotopic (exact) mass is 493 g/mol. The van der Waals surface area contributed by atoms with E-state index >= 15 is 0 Å². The van der Waals surface area contributed by atoms with Crippen molar-refractivity contribution in [1.29, 1.82) is 0 Å². The number of rotatable bonds is 5. The number of benzene rings is 3. The molecule has 5 nitrogen and oxygen atoms in total. The summed E-state index contributed by atoms with van der Waals surface area (Å²) in [5.74, 6) is -0.497. The zero-order valence-corrected chi connectivity index (χ0v) is 20.1. The first-order valence-corrected chi connectivity index (χ1v) is 11.7. The molecule has 0 aliphatic carbocycles. The molecule has 4 aromatic rings. The number of halogens is 1. The molecule has 0 bridgehead atoms. The van der Waals surface area contributed by atoms with E-state index in [1.807, 2.05) is 54.6 Å². The Kier molecular flexibility index (Phi) is 7.03. The molecule has 2 amide bonds. The summed E-state index contributed by atoms with van der Waals surface area (Å²) in [4.78, 5) is 27.6. The molecular weight excluding hydrogens is 474 g/mol. The van der Waals surface area contributed by atoms with Crippen LogP contribution in [0.1, 0.15) is 25.6 Å². The Morgan fingerprint density at radius 3 is 2.48 bits per heavy atom. The van der Waals surface area contributed by atoms with Gasteiger partial charge in [-0.3, -0.25) is 14.9 Å². The smallest absolute Gasteiger partial charge is 0.269 e. The van der Waals surface area contributed by atoms with Gasteiger partial charge in [0.25, 0.3) is 11.8 Å². The summed E-state index contributed by atoms with van der Waals surface area (Å²) >= 11 is 13.0. The maximum absolute atomic E-state index is 12.9. The third-order valence-corrected chi connectivity index (χ3v) is 6.82. The Labute approximate surface area is 206 Å². The first kappa shape index (κ1) is 22.9. The van der Waals surface area contributed by atoms with E-state index in [1.54, 1.807) is 36.2 Å². The summed E-state index contributed by atoms with van der Waals surface area (Å²) in [6.07, 6.45) is 0. The Hall–Kier alpha value is -3.26. The van der Waals surface area contributed by atoms with Crippen molar-refractivity contribution in [3.05, 3.63) is 99.9 Å². The molecule has 2 N–H and O–H groups in total. The van der Waals surface area contributed by atoms with Crippen molar-refractivity contribution in [2.75, 3.05) is 12.4 Å². The van der Waals surface area contributed by atoms with Gasteiger partial charge in [0.15, 0.2) is 5.11 Å². The second-order valence-electron chi connectivity index (χ2n) is 7.38. The third-order valence-electron chi connectivity index (χ3n) is 4.94. The van der Waals surface area contributed by atoms with Crippen molar-refractivity contribution in [3.63, 3.8) is 0 Å². The minimum Gasteiger partial charge on any atom is -0.337 e. The molecule has 0 spiro atoms. The number of hydrogen-bond acceptors (Lipinski definition) is 4. The number of amides is 2. The molecule has 1 heterocycles. The zero-order valence-electron chi connectivity index (χ0n) is 17.7. The van der Waals surface area contributed by atoms with Crippen molar-refractivity contribution in [2.24, 2.45) is 0 Å². The van der Waals surface area contributed by atoms with Crippen LogP contribution in [0.5, 0.6) is 0 Å². The number of nitrogens with one attached hydrogen (secondary N) is 2. The van der Waals surface area contributed by atoms with Gasteiger partial charge in [-0.1, -0.05) is 66.2 Å². The minimum absolute atomic E-state index is 0.116. The van der Waals surface area contributed by atoms with E-state index in [1.165, 1.54) is 11.3 Å². The highest BCUT2D eigenvalue weighted by Crippen LogP contribution is 2.35. The second kappa shape index (κ2) is 10.1. The average molecular weight is 494 g/mol. The number of fused-ring (bicyclic) bond motifs is 1. The lowest BCUT2D eigenvalue weighted by Gasteiger charge is -2.18. The van der Waals surface area contributed by atoms with E-state index in [2.05, 4.69) is 10.6 Å². The number of nitrogens with zero attached hydrogens (tertiary/aromatic N) is 1. The zero-order chi connectivity index (χ0) is 23.4. The molecule has 166 valence electrons. The van der Waals surface area contributed by atoms with Crippen LogP contribution in [0.3, 0.4) is 0 Å². The molecule has 0 atom stereocenters. The van der Waals surface area contributed by atoms with Crippen LogP contribution in [0.15, 0.2) is 78.9 Å². The Bertz CT molecular complexity index is 1340. The van der Waals surface area contributed by atoms with E-state index < -0.39 is 0 Å². The van der Waals surface area contributed by atoms with E-state index in [9.17, 15) is 9.59 Å². The number of anilines is 1. The van der Waals surface area contributed by atoms with Gasteiger partial charge in [-0.15, -0.1) is 11.3 Å². The van der Waals surface area contributed by atoms with Gasteiger partial charge in [0, 0.05) is 34.9 Å². The molecular formula is C25H20ClN3O2S2. The number of hydrogen-bond donors (Lipinski definition) is 2. The van der Waals surface area contributed by atoms with Gasteiger partial charge < -0.3 is 10.2 Å². The van der Waals surface area contributed by atoms with Gasteiger partial charge >= 0.3 is 0 Å². The molecule has 0 aliphatic rings. The average Bonchev–Trinajstić information content (AvgIpc) is 3.16. The summed E-state index contributed by atoms with van der Waals surface area (Å²) < 4.78 is 0.928. The molecule has 0 fully saturated rings. The molecule has 4 rings (SSSR count). The van der Waals surface area contributed by atoms with Crippen LogP contribution in [-0.2, 0) is 6.54 Å². The first-order chi connectivity index (χ1) is 15.9. The fourth-order valence-corrected chi connectivity index (χ4v) is 4.98. The van der Waals surface area contributed by atoms with Crippen molar-refractivity contribution < 1.29 is 9.59 Å². The fourth-order valence-electron chi connectivity index (χ4n) is 3.36. The van der Waals surface area contributed by atoms with Crippen molar-refractivity contribution in [3.8, 4) is 0 Å². The highest BCUT2D eigenvalue weighted by atomic mass is 35.5. The van der Waals surface area contributed by atoms with Gasteiger partial charge in [-0.2, -0.15) is 0 Å². The van der Waals surface area contributed by atoms with Crippen LogP contribution in [0.4, 0.5) is 5.69 Å². The SMILES string of the molecule is CN(Cc1ccccc1)C(=O)c1cccc(NC(=S)NC(=O)c2sc3ccccc3c2Cl)c1. The number of carbonyl (C=O) groups is 2. The normalized spacial score (nSPS) is 10.6. The first-order valence-electron chi connectivity index (χ1n) is 10.1. The van der Waals surface area contributed by atoms with E-state index in [0.29, 0.717) is 27.7 Å². The molecule has 3 aromatic carbocycles. The van der Waals surface area contributed by atoms with Crippen LogP contribution in [-0.4, -0.2) is 28.9 Å². The fraction of sp³-hybridized carbons (Fsp3) is 0.0800. The predicted molar refractivity (Wildman–Crippen MR) is 139 cm³/mol. The largest absolute Gasteiger partial charge is 0.337 e. The molecule has 8 heteroatoms. The second-order valence-corrected chi connectivity index (χ2v) is 9.22. The molecule has 0 unspecified atom stereocenters. The van der Waals surface area contributed by atoms with Crippen molar-refractivity contribution >= 4 is 67.9 Å². The van der Waals surface area contributed by atoms with Gasteiger partial charge in [0.2, 0.25) is 0 Å². The van der Waals surface area contributed by atoms with E-state index in [0.717, 1.165) is 15.6 Å². The summed E-state index contributed by atoms with van der Waals surface area (Å²) in [6, 6.07) is 24.3. The van der Waals surface area contributed by atoms with Crippen molar-refractivity contribution in [1.82, 2.24) is 10.2 Å². The Morgan fingerprint density at radius 1 is 1.00 bits per heavy atom. The van der Waals surface area contributed by atoms with Crippen LogP contribution in [0.25, 0.3) is 10.1 Å². The maximum Gasteiger partial charge on any atom is 0.269 e. The summed E-state index contributed by atoms with van der Waals surface area (Å²) in [5.41, 5.74) is 2.16. The van der Waals surface area contributed by atoms with Gasteiger partial charge in [-0.25, -0.2) is 0 Å². The molecule has 1 aromatic heterocycles. The quantitative estimate of drug-likeness (QED) is 0.337. The van der Waals surface area contributed by atoms with Crippen molar-refractivity contribution in [2.45, 2.75) is 6.54 Å². The van der Waals surface area contributed by atoms with E-state index in [4.69, 9.17) is 23.8 Å². The maximum atomic E-state index is 12.9. The molecule has 0 aliphatic heterocycles. The van der Waals surface area contributed by atoms with Crippen LogP contribution in [0, 0.1) is 0 Å². The molecule has 0 saturated heterocycles. The third kappa shape index (κ3) is 5.39. The topological polar surface area (TPSA) is 61.4 Å². The highest BCUT2D eigenvalue weighted by molar-refractivity contribution is 7.80. The highest BCUT2D eigenvalue weighted by Gasteiger charge is 2.18. The lowest BCUT2D eigenvalue weighted by molar-refractivity contribution is 0.0785. The number of thiophene rings is 1. The van der Waals surface area contributed by atoms with E-state index in [-0.39, 0.29) is 16.9 Å². The summed E-state index contributed by atoms with van der Waals surface area (Å²) in [7, 11) is 1.76. The summed E-state index contributed by atoms with van der Waals surface area (Å²) in [6.45, 7) is 0.502. The van der Waals surface area contributed by atoms with Gasteiger partial charge in [-0.05, 0) is 42.0 Å². The Balaban J connectivity index is 1.41. The van der Waals surface area contributed by atoms with Crippen LogP contribution >= 0.6 is 35.2 Å². The van der Waals surface area contributed by atoms with Crippen LogP contribution < -0.4 is 10.6 Å². The summed E-state index contributed by atoms with van der Waals surface area (Å²) in [5, 5.41) is 6.99. The minimum atomic E-state index is -0.381. The number of carbonyl (C=O) groups excluding carboxylic acids is 2. The van der Waals surface area contributed by atoms with Crippen LogP contribution in [0.2, 0.25) is 5.02 Å². The predicted octanol–water partition coefficient (Wildman–Crippen LogP) is 5.95. The standard InChI is InChI=1S/C25H20ClN3O2S2/c1-29(15-16-8-3-2-4-9-16)24(31)17-10-7-11-18(14-17)27-25(32)28-23(30)22-21(26)19-12-5-6-13-20(19)33-22/h2-14H,15H2,1H3,(H2,27,28,30,32). The Morgan fingerprint density at radius 2 is 1.73 bits per heavy atom. The molecule has 0 radical (unpaired) electrons. The molecule has 33 heavy (non-hydrogen) atoms. The number of thiocarbonyl (C=S) groups is 1. The van der Waals surface area contributed by atoms with Gasteiger partial charge in [0.1, 0.15) is 4.88 Å². The molecule has 0 saturated carbocycles.